The predicted molar refractivity (Wildman–Crippen MR) is 48.3 cm³/mol. The van der Waals surface area contributed by atoms with Crippen LogP contribution in [-0.2, 0) is 32.7 Å². The Labute approximate surface area is 99.8 Å². The second kappa shape index (κ2) is 5.72. The molecule has 1 aromatic rings. The maximum Gasteiger partial charge on any atom is 0 e. The van der Waals surface area contributed by atoms with Crippen LogP contribution in [0, 0.1) is 13.1 Å². The zero-order chi connectivity index (χ0) is 8.27. The summed E-state index contributed by atoms with van der Waals surface area (Å²) in [6.07, 6.45) is 0. The van der Waals surface area contributed by atoms with Gasteiger partial charge in [-0.1, -0.05) is 13.8 Å². The third-order valence-electron chi connectivity index (χ3n) is 1.63. The molecule has 1 nitrogen and oxygen atoms in total. The molecule has 0 aliphatic rings. The number of benzene rings is 1. The van der Waals surface area contributed by atoms with Gasteiger partial charge in [0.15, 0.2) is 0 Å². The first-order chi connectivity index (χ1) is 5.24. The standard InChI is InChI=1S/C10H13N.Y/c1-8(2)9-5-4-6-10(7-9)11-3;/h4-6,8,11H,3H2,1-2H3;/q-2;. The minimum Gasteiger partial charge on any atom is -0.558 e. The van der Waals surface area contributed by atoms with Crippen molar-refractivity contribution in [3.63, 3.8) is 0 Å². The molecule has 0 unspecified atom stereocenters. The van der Waals surface area contributed by atoms with Crippen molar-refractivity contribution in [2.24, 2.45) is 0 Å². The Hall–Kier alpha value is 0.124. The van der Waals surface area contributed by atoms with Crippen LogP contribution in [0.1, 0.15) is 25.3 Å². The first-order valence-electron chi connectivity index (χ1n) is 3.79. The fourth-order valence-electron chi connectivity index (χ4n) is 0.927. The van der Waals surface area contributed by atoms with Crippen LogP contribution in [0.5, 0.6) is 0 Å². The summed E-state index contributed by atoms with van der Waals surface area (Å²) in [5, 5.41) is 2.82. The molecule has 0 heterocycles. The van der Waals surface area contributed by atoms with Crippen LogP contribution in [0.15, 0.2) is 18.2 Å². The fourth-order valence-corrected chi connectivity index (χ4v) is 0.927. The van der Waals surface area contributed by atoms with Gasteiger partial charge in [0.1, 0.15) is 0 Å². The first-order valence-corrected chi connectivity index (χ1v) is 3.79. The van der Waals surface area contributed by atoms with E-state index in [-0.39, 0.29) is 32.7 Å². The molecule has 0 amide bonds. The van der Waals surface area contributed by atoms with Crippen LogP contribution in [0.3, 0.4) is 0 Å². The Kier molecular flexibility index (Phi) is 5.77. The monoisotopic (exact) mass is 236 g/mol. The average molecular weight is 236 g/mol. The van der Waals surface area contributed by atoms with Crippen LogP contribution >= 0.6 is 0 Å². The van der Waals surface area contributed by atoms with E-state index in [1.54, 1.807) is 0 Å². The molecule has 1 aromatic carbocycles. The molecule has 0 saturated carbocycles. The van der Waals surface area contributed by atoms with Gasteiger partial charge in [0, 0.05) is 32.7 Å². The minimum absolute atomic E-state index is 0. The van der Waals surface area contributed by atoms with E-state index in [1.807, 2.05) is 12.1 Å². The van der Waals surface area contributed by atoms with Crippen molar-refractivity contribution >= 4 is 5.69 Å². The van der Waals surface area contributed by atoms with Crippen molar-refractivity contribution in [1.29, 1.82) is 0 Å². The average Bonchev–Trinajstić information content (AvgIpc) is 2.05. The Balaban J connectivity index is 0.00000121. The maximum absolute atomic E-state index is 3.58. The van der Waals surface area contributed by atoms with Crippen LogP contribution < -0.4 is 5.32 Å². The van der Waals surface area contributed by atoms with Gasteiger partial charge in [-0.05, 0) is 5.92 Å². The summed E-state index contributed by atoms with van der Waals surface area (Å²) in [6.45, 7) is 4.30. The Morgan fingerprint density at radius 2 is 2.08 bits per heavy atom. The molecule has 0 atom stereocenters. The van der Waals surface area contributed by atoms with Gasteiger partial charge in [-0.2, -0.15) is 29.8 Å². The minimum atomic E-state index is 0. The molecule has 0 bridgehead atoms. The summed E-state index contributed by atoms with van der Waals surface area (Å²) in [4.78, 5) is 0. The largest absolute Gasteiger partial charge is 0.558 e. The molecule has 0 aliphatic heterocycles. The quantitative estimate of drug-likeness (QED) is 0.778. The van der Waals surface area contributed by atoms with E-state index in [0.29, 0.717) is 5.92 Å². The Morgan fingerprint density at radius 3 is 2.58 bits per heavy atom. The van der Waals surface area contributed by atoms with Crippen molar-refractivity contribution in [2.75, 3.05) is 5.32 Å². The zero-order valence-corrected chi connectivity index (χ0v) is 10.4. The van der Waals surface area contributed by atoms with Crippen LogP contribution in [0.2, 0.25) is 0 Å². The van der Waals surface area contributed by atoms with E-state index in [4.69, 9.17) is 0 Å². The number of hydrogen-bond acceptors (Lipinski definition) is 1. The van der Waals surface area contributed by atoms with Crippen molar-refractivity contribution in [1.82, 2.24) is 0 Å². The van der Waals surface area contributed by atoms with Gasteiger partial charge < -0.3 is 5.32 Å². The van der Waals surface area contributed by atoms with Gasteiger partial charge in [0.05, 0.1) is 0 Å². The van der Waals surface area contributed by atoms with Gasteiger partial charge in [0.25, 0.3) is 0 Å². The molecule has 0 saturated heterocycles. The summed E-state index contributed by atoms with van der Waals surface area (Å²) in [7, 11) is 3.58. The van der Waals surface area contributed by atoms with Gasteiger partial charge in [-0.25, -0.2) is 0 Å². The third kappa shape index (κ3) is 3.24. The summed E-state index contributed by atoms with van der Waals surface area (Å²) < 4.78 is 0. The van der Waals surface area contributed by atoms with E-state index in [1.165, 1.54) is 5.56 Å². The molecule has 2 heteroatoms. The van der Waals surface area contributed by atoms with Crippen molar-refractivity contribution in [2.45, 2.75) is 19.8 Å². The third-order valence-corrected chi connectivity index (χ3v) is 1.63. The first kappa shape index (κ1) is 12.1. The number of rotatable bonds is 2. The maximum atomic E-state index is 3.58. The molecule has 0 aliphatic carbocycles. The van der Waals surface area contributed by atoms with Crippen molar-refractivity contribution in [3.05, 3.63) is 36.9 Å². The molecule has 1 radical (unpaired) electrons. The molecule has 1 N–H and O–H groups in total. The second-order valence-electron chi connectivity index (χ2n) is 2.85. The van der Waals surface area contributed by atoms with E-state index < -0.39 is 0 Å². The van der Waals surface area contributed by atoms with E-state index in [9.17, 15) is 0 Å². The Morgan fingerprint density at radius 1 is 1.42 bits per heavy atom. The molecule has 63 valence electrons. The summed E-state index contributed by atoms with van der Waals surface area (Å²) in [5.74, 6) is 0.531. The smallest absolute Gasteiger partial charge is 0 e. The second-order valence-corrected chi connectivity index (χ2v) is 2.85. The van der Waals surface area contributed by atoms with E-state index in [0.717, 1.165) is 5.69 Å². The van der Waals surface area contributed by atoms with Crippen LogP contribution in [0.25, 0.3) is 0 Å². The summed E-state index contributed by atoms with van der Waals surface area (Å²) in [5.41, 5.74) is 2.18. The molecular formula is C10H13NY-2. The molecule has 0 aromatic heterocycles. The molecule has 0 fully saturated rings. The predicted octanol–water partition coefficient (Wildman–Crippen LogP) is 2.81. The molecule has 0 spiro atoms. The molecular weight excluding hydrogens is 223 g/mol. The number of nitrogens with one attached hydrogen (secondary N) is 1. The van der Waals surface area contributed by atoms with Crippen LogP contribution in [-0.4, -0.2) is 0 Å². The summed E-state index contributed by atoms with van der Waals surface area (Å²) in [6, 6.07) is 9.27. The van der Waals surface area contributed by atoms with Crippen molar-refractivity contribution < 1.29 is 32.7 Å². The van der Waals surface area contributed by atoms with Gasteiger partial charge >= 0.3 is 0 Å². The van der Waals surface area contributed by atoms with Gasteiger partial charge in [0.2, 0.25) is 0 Å². The van der Waals surface area contributed by atoms with E-state index >= 15 is 0 Å². The summed E-state index contributed by atoms with van der Waals surface area (Å²) >= 11 is 0. The Bertz CT molecular complexity index is 233. The van der Waals surface area contributed by atoms with Crippen molar-refractivity contribution in [3.8, 4) is 0 Å². The molecule has 1 rings (SSSR count). The fraction of sp³-hybridized carbons (Fsp3) is 0.300. The topological polar surface area (TPSA) is 12.0 Å². The zero-order valence-electron chi connectivity index (χ0n) is 7.59. The van der Waals surface area contributed by atoms with Gasteiger partial charge in [-0.15, -0.1) is 5.69 Å². The molecule has 12 heavy (non-hydrogen) atoms. The normalized spacial score (nSPS) is 9.33. The number of hydrogen-bond donors (Lipinski definition) is 1. The van der Waals surface area contributed by atoms with Crippen LogP contribution in [0.4, 0.5) is 5.69 Å². The SMILES string of the molecule is [CH2-]Nc1[c-]c(C(C)C)ccc1.[Y]. The van der Waals surface area contributed by atoms with E-state index in [2.05, 4.69) is 38.3 Å². The van der Waals surface area contributed by atoms with Gasteiger partial charge in [-0.3, -0.25) is 7.05 Å². The number of anilines is 1.